The van der Waals surface area contributed by atoms with Crippen molar-refractivity contribution in [1.82, 2.24) is 10.3 Å². The normalized spacial score (nSPS) is 17.8. The molecule has 1 atom stereocenters. The van der Waals surface area contributed by atoms with Gasteiger partial charge in [-0.25, -0.2) is 4.98 Å². The van der Waals surface area contributed by atoms with Gasteiger partial charge in [0.15, 0.2) is 0 Å². The average Bonchev–Trinajstić information content (AvgIpc) is 3.09. The van der Waals surface area contributed by atoms with Gasteiger partial charge in [-0.15, -0.1) is 11.3 Å². The Balaban J connectivity index is 1.58. The number of anilines is 1. The Bertz CT molecular complexity index is 698. The van der Waals surface area contributed by atoms with Crippen LogP contribution in [-0.2, 0) is 16.0 Å². The van der Waals surface area contributed by atoms with Crippen molar-refractivity contribution in [2.45, 2.75) is 38.6 Å². The highest BCUT2D eigenvalue weighted by Crippen LogP contribution is 2.21. The SMILES string of the molecule is Cc1ccc(N2CCC[C@@H](NC(=O)CCc3cscn3)C2=O)cc1. The molecule has 0 aliphatic carbocycles. The molecule has 2 heterocycles. The van der Waals surface area contributed by atoms with Crippen molar-refractivity contribution in [3.8, 4) is 0 Å². The standard InChI is InChI=1S/C18H21N3O2S/c1-13-4-7-15(8-5-13)21-10-2-3-16(18(21)23)20-17(22)9-6-14-11-24-12-19-14/h4-5,7-8,11-12,16H,2-3,6,9-10H2,1H3,(H,20,22)/t16-/m1/s1. The number of nitrogens with one attached hydrogen (secondary N) is 1. The van der Waals surface area contributed by atoms with Crippen LogP contribution in [0.15, 0.2) is 35.2 Å². The first-order valence-electron chi connectivity index (χ1n) is 8.18. The molecule has 0 saturated carbocycles. The number of rotatable bonds is 5. The lowest BCUT2D eigenvalue weighted by atomic mass is 10.0. The molecule has 5 nitrogen and oxygen atoms in total. The highest BCUT2D eigenvalue weighted by Gasteiger charge is 2.30. The number of carbonyl (C=O) groups is 2. The summed E-state index contributed by atoms with van der Waals surface area (Å²) in [6.45, 7) is 2.72. The van der Waals surface area contributed by atoms with Crippen LogP contribution in [0.4, 0.5) is 5.69 Å². The van der Waals surface area contributed by atoms with Gasteiger partial charge in [0.25, 0.3) is 0 Å². The van der Waals surface area contributed by atoms with E-state index in [1.165, 1.54) is 11.3 Å². The van der Waals surface area contributed by atoms with Crippen molar-refractivity contribution in [3.05, 3.63) is 46.4 Å². The number of carbonyl (C=O) groups excluding carboxylic acids is 2. The summed E-state index contributed by atoms with van der Waals surface area (Å²) in [6.07, 6.45) is 2.55. The number of aromatic nitrogens is 1. The molecular weight excluding hydrogens is 322 g/mol. The van der Waals surface area contributed by atoms with Crippen molar-refractivity contribution >= 4 is 28.8 Å². The molecule has 1 fully saturated rings. The molecule has 0 radical (unpaired) electrons. The first-order valence-corrected chi connectivity index (χ1v) is 9.12. The van der Waals surface area contributed by atoms with Crippen LogP contribution in [0.1, 0.15) is 30.5 Å². The molecule has 1 aromatic heterocycles. The van der Waals surface area contributed by atoms with E-state index < -0.39 is 6.04 Å². The Morgan fingerprint density at radius 2 is 2.17 bits per heavy atom. The van der Waals surface area contributed by atoms with E-state index in [0.717, 1.165) is 23.4 Å². The average molecular weight is 343 g/mol. The number of thiazole rings is 1. The Morgan fingerprint density at radius 1 is 1.38 bits per heavy atom. The van der Waals surface area contributed by atoms with Gasteiger partial charge < -0.3 is 10.2 Å². The zero-order valence-electron chi connectivity index (χ0n) is 13.7. The number of hydrogen-bond donors (Lipinski definition) is 1. The van der Waals surface area contributed by atoms with Crippen LogP contribution >= 0.6 is 11.3 Å². The van der Waals surface area contributed by atoms with Gasteiger partial charge >= 0.3 is 0 Å². The first-order chi connectivity index (χ1) is 11.6. The Hall–Kier alpha value is -2.21. The Kier molecular flexibility index (Phi) is 5.25. The molecule has 24 heavy (non-hydrogen) atoms. The van der Waals surface area contributed by atoms with E-state index in [1.54, 1.807) is 10.4 Å². The van der Waals surface area contributed by atoms with Crippen LogP contribution in [0.5, 0.6) is 0 Å². The lowest BCUT2D eigenvalue weighted by Gasteiger charge is -2.32. The van der Waals surface area contributed by atoms with Gasteiger partial charge in [0.05, 0.1) is 11.2 Å². The summed E-state index contributed by atoms with van der Waals surface area (Å²) in [6, 6.07) is 7.49. The summed E-state index contributed by atoms with van der Waals surface area (Å²) in [5.74, 6) is -0.112. The summed E-state index contributed by atoms with van der Waals surface area (Å²) in [5, 5.41) is 4.83. The topological polar surface area (TPSA) is 62.3 Å². The number of aryl methyl sites for hydroxylation is 2. The molecule has 126 valence electrons. The molecule has 1 aromatic carbocycles. The fourth-order valence-corrected chi connectivity index (χ4v) is 3.45. The van der Waals surface area contributed by atoms with Crippen molar-refractivity contribution in [2.24, 2.45) is 0 Å². The second-order valence-corrected chi connectivity index (χ2v) is 6.79. The Labute approximate surface area is 145 Å². The van der Waals surface area contributed by atoms with Crippen LogP contribution in [0.25, 0.3) is 0 Å². The van der Waals surface area contributed by atoms with Gasteiger partial charge in [0, 0.05) is 24.0 Å². The second-order valence-electron chi connectivity index (χ2n) is 6.07. The molecule has 2 aromatic rings. The van der Waals surface area contributed by atoms with Gasteiger partial charge in [-0.2, -0.15) is 0 Å². The first kappa shape index (κ1) is 16.6. The van der Waals surface area contributed by atoms with Gasteiger partial charge in [0.2, 0.25) is 11.8 Å². The highest BCUT2D eigenvalue weighted by molar-refractivity contribution is 7.07. The molecule has 0 spiro atoms. The summed E-state index contributed by atoms with van der Waals surface area (Å²) < 4.78 is 0. The molecule has 0 bridgehead atoms. The highest BCUT2D eigenvalue weighted by atomic mass is 32.1. The molecule has 1 N–H and O–H groups in total. The smallest absolute Gasteiger partial charge is 0.249 e. The van der Waals surface area contributed by atoms with E-state index in [9.17, 15) is 9.59 Å². The fraction of sp³-hybridized carbons (Fsp3) is 0.389. The van der Waals surface area contributed by atoms with Crippen molar-refractivity contribution in [3.63, 3.8) is 0 Å². The Morgan fingerprint density at radius 3 is 2.88 bits per heavy atom. The zero-order chi connectivity index (χ0) is 16.9. The monoisotopic (exact) mass is 343 g/mol. The van der Waals surface area contributed by atoms with Crippen molar-refractivity contribution in [2.75, 3.05) is 11.4 Å². The van der Waals surface area contributed by atoms with Gasteiger partial charge in [-0.1, -0.05) is 17.7 Å². The largest absolute Gasteiger partial charge is 0.344 e. The number of nitrogens with zero attached hydrogens (tertiary/aromatic N) is 2. The van der Waals surface area contributed by atoms with E-state index >= 15 is 0 Å². The summed E-state index contributed by atoms with van der Waals surface area (Å²) >= 11 is 1.52. The van der Waals surface area contributed by atoms with Crippen LogP contribution in [0.2, 0.25) is 0 Å². The molecular formula is C18H21N3O2S. The predicted octanol–water partition coefficient (Wildman–Crippen LogP) is 2.70. The third kappa shape index (κ3) is 4.00. The molecule has 3 rings (SSSR count). The molecule has 1 saturated heterocycles. The number of benzene rings is 1. The number of piperidine rings is 1. The molecule has 0 unspecified atom stereocenters. The van der Waals surface area contributed by atoms with Crippen molar-refractivity contribution < 1.29 is 9.59 Å². The molecule has 6 heteroatoms. The van der Waals surface area contributed by atoms with Gasteiger partial charge in [0.1, 0.15) is 6.04 Å². The second kappa shape index (κ2) is 7.57. The summed E-state index contributed by atoms with van der Waals surface area (Å²) in [4.78, 5) is 30.8. The fourth-order valence-electron chi connectivity index (χ4n) is 2.86. The quantitative estimate of drug-likeness (QED) is 0.908. The molecule has 1 aliphatic rings. The minimum atomic E-state index is -0.428. The van der Waals surface area contributed by atoms with Crippen LogP contribution in [0.3, 0.4) is 0 Å². The minimum Gasteiger partial charge on any atom is -0.344 e. The van der Waals surface area contributed by atoms with E-state index in [-0.39, 0.29) is 11.8 Å². The summed E-state index contributed by atoms with van der Waals surface area (Å²) in [5.41, 5.74) is 4.74. The molecule has 1 aliphatic heterocycles. The third-order valence-corrected chi connectivity index (χ3v) is 4.85. The third-order valence-electron chi connectivity index (χ3n) is 4.21. The molecule has 2 amide bonds. The predicted molar refractivity (Wildman–Crippen MR) is 95.1 cm³/mol. The van der Waals surface area contributed by atoms with E-state index in [2.05, 4.69) is 10.3 Å². The van der Waals surface area contributed by atoms with Crippen LogP contribution in [0, 0.1) is 6.92 Å². The maximum atomic E-state index is 12.7. The lowest BCUT2D eigenvalue weighted by Crippen LogP contribution is -2.52. The van der Waals surface area contributed by atoms with E-state index in [0.29, 0.717) is 25.8 Å². The van der Waals surface area contributed by atoms with Gasteiger partial charge in [-0.05, 0) is 38.3 Å². The minimum absolute atomic E-state index is 0.0212. The maximum Gasteiger partial charge on any atom is 0.249 e. The van der Waals surface area contributed by atoms with Crippen molar-refractivity contribution in [1.29, 1.82) is 0 Å². The zero-order valence-corrected chi connectivity index (χ0v) is 14.5. The van der Waals surface area contributed by atoms with Crippen LogP contribution < -0.4 is 10.2 Å². The lowest BCUT2D eigenvalue weighted by molar-refractivity contribution is -0.128. The number of hydrogen-bond acceptors (Lipinski definition) is 4. The summed E-state index contributed by atoms with van der Waals surface area (Å²) in [7, 11) is 0. The number of amides is 2. The van der Waals surface area contributed by atoms with E-state index in [4.69, 9.17) is 0 Å². The maximum absolute atomic E-state index is 12.7. The van der Waals surface area contributed by atoms with Gasteiger partial charge in [-0.3, -0.25) is 9.59 Å². The van der Waals surface area contributed by atoms with E-state index in [1.807, 2.05) is 36.6 Å². The van der Waals surface area contributed by atoms with Crippen LogP contribution in [-0.4, -0.2) is 29.4 Å².